The highest BCUT2D eigenvalue weighted by Crippen LogP contribution is 2.32. The highest BCUT2D eigenvalue weighted by Gasteiger charge is 2.45. The maximum atomic E-state index is 14.7. The second kappa shape index (κ2) is 8.73. The van der Waals surface area contributed by atoms with E-state index in [9.17, 15) is 18.4 Å². The van der Waals surface area contributed by atoms with Gasteiger partial charge < -0.3 is 20.7 Å². The largest absolute Gasteiger partial charge is 0.444 e. The molecule has 1 saturated heterocycles. The molecule has 0 aliphatic carbocycles. The number of nitrogens with one attached hydrogen (secondary N) is 1. The first-order chi connectivity index (χ1) is 12.9. The number of carbonyl (C=O) groups excluding carboxylic acids is 2. The SMILES string of the molecule is CC(C)(C)OC(=O)N[C@@H]1CCCN(C(=O)C(N)C(F)(F)c2ccc(Br)cc2)C1. The molecule has 1 aromatic carbocycles. The van der Waals surface area contributed by atoms with E-state index >= 15 is 0 Å². The maximum absolute atomic E-state index is 14.7. The summed E-state index contributed by atoms with van der Waals surface area (Å²) < 4.78 is 35.3. The van der Waals surface area contributed by atoms with Crippen molar-refractivity contribution in [1.82, 2.24) is 10.2 Å². The van der Waals surface area contributed by atoms with E-state index in [0.29, 0.717) is 23.9 Å². The first-order valence-corrected chi connectivity index (χ1v) is 9.87. The Labute approximate surface area is 171 Å². The van der Waals surface area contributed by atoms with Crippen LogP contribution in [-0.2, 0) is 15.5 Å². The number of nitrogens with zero attached hydrogens (tertiary/aromatic N) is 1. The summed E-state index contributed by atoms with van der Waals surface area (Å²) in [7, 11) is 0. The monoisotopic (exact) mass is 461 g/mol. The van der Waals surface area contributed by atoms with Gasteiger partial charge in [-0.05, 0) is 45.7 Å². The maximum Gasteiger partial charge on any atom is 0.407 e. The van der Waals surface area contributed by atoms with Crippen molar-refractivity contribution in [1.29, 1.82) is 0 Å². The van der Waals surface area contributed by atoms with Crippen LogP contribution in [0.2, 0.25) is 0 Å². The number of halogens is 3. The van der Waals surface area contributed by atoms with Crippen molar-refractivity contribution in [3.63, 3.8) is 0 Å². The molecule has 6 nitrogen and oxygen atoms in total. The molecule has 0 radical (unpaired) electrons. The Balaban J connectivity index is 2.02. The number of hydrogen-bond acceptors (Lipinski definition) is 4. The van der Waals surface area contributed by atoms with Gasteiger partial charge in [-0.1, -0.05) is 28.1 Å². The average molecular weight is 462 g/mol. The normalized spacial score (nSPS) is 19.1. The Morgan fingerprint density at radius 1 is 1.29 bits per heavy atom. The number of carbonyl (C=O) groups is 2. The summed E-state index contributed by atoms with van der Waals surface area (Å²) in [6.07, 6.45) is 0.598. The van der Waals surface area contributed by atoms with E-state index in [0.717, 1.165) is 0 Å². The molecule has 3 N–H and O–H groups in total. The Hall–Kier alpha value is -1.74. The van der Waals surface area contributed by atoms with Gasteiger partial charge in [-0.2, -0.15) is 8.78 Å². The molecule has 1 unspecified atom stereocenters. The lowest BCUT2D eigenvalue weighted by atomic mass is 9.98. The number of piperidine rings is 1. The van der Waals surface area contributed by atoms with Gasteiger partial charge in [0.05, 0.1) is 0 Å². The fourth-order valence-electron chi connectivity index (χ4n) is 2.97. The number of rotatable bonds is 4. The minimum absolute atomic E-state index is 0.113. The Morgan fingerprint density at radius 2 is 1.89 bits per heavy atom. The standard InChI is InChI=1S/C19H26BrF2N3O3/c1-18(2,3)28-17(27)24-14-5-4-10-25(11-14)16(26)15(23)19(21,22)12-6-8-13(20)9-7-12/h6-9,14-15H,4-5,10-11,23H2,1-3H3,(H,24,27)/t14-,15?/m1/s1. The predicted octanol–water partition coefficient (Wildman–Crippen LogP) is 3.38. The van der Waals surface area contributed by atoms with Crippen LogP contribution in [-0.4, -0.2) is 47.7 Å². The minimum Gasteiger partial charge on any atom is -0.444 e. The zero-order valence-electron chi connectivity index (χ0n) is 16.2. The zero-order valence-corrected chi connectivity index (χ0v) is 17.8. The zero-order chi connectivity index (χ0) is 21.1. The molecule has 9 heteroatoms. The highest BCUT2D eigenvalue weighted by atomic mass is 79.9. The minimum atomic E-state index is -3.51. The van der Waals surface area contributed by atoms with Crippen LogP contribution in [0.3, 0.4) is 0 Å². The highest BCUT2D eigenvalue weighted by molar-refractivity contribution is 9.10. The lowest BCUT2D eigenvalue weighted by Gasteiger charge is -2.36. The molecule has 1 fully saturated rings. The van der Waals surface area contributed by atoms with Crippen molar-refractivity contribution in [2.24, 2.45) is 5.73 Å². The van der Waals surface area contributed by atoms with E-state index in [1.165, 1.54) is 29.2 Å². The number of nitrogens with two attached hydrogens (primary N) is 1. The lowest BCUT2D eigenvalue weighted by Crippen LogP contribution is -2.57. The molecule has 1 heterocycles. The fraction of sp³-hybridized carbons (Fsp3) is 0.579. The van der Waals surface area contributed by atoms with Gasteiger partial charge in [0.25, 0.3) is 5.92 Å². The quantitative estimate of drug-likeness (QED) is 0.719. The second-order valence-electron chi connectivity index (χ2n) is 7.88. The molecular formula is C19H26BrF2N3O3. The van der Waals surface area contributed by atoms with Crippen LogP contribution in [0.5, 0.6) is 0 Å². The van der Waals surface area contributed by atoms with Crippen molar-refractivity contribution in [3.8, 4) is 0 Å². The van der Waals surface area contributed by atoms with E-state index in [1.54, 1.807) is 20.8 Å². The topological polar surface area (TPSA) is 84.7 Å². The van der Waals surface area contributed by atoms with Gasteiger partial charge >= 0.3 is 6.09 Å². The van der Waals surface area contributed by atoms with Gasteiger partial charge in [-0.25, -0.2) is 4.79 Å². The number of ether oxygens (including phenoxy) is 1. The molecule has 156 valence electrons. The molecule has 0 bridgehead atoms. The van der Waals surface area contributed by atoms with Gasteiger partial charge in [0, 0.05) is 29.2 Å². The van der Waals surface area contributed by atoms with Crippen LogP contribution >= 0.6 is 15.9 Å². The number of hydrogen-bond donors (Lipinski definition) is 2. The first kappa shape index (κ1) is 22.5. The van der Waals surface area contributed by atoms with Crippen molar-refractivity contribution in [2.75, 3.05) is 13.1 Å². The number of alkyl carbamates (subject to hydrolysis) is 1. The van der Waals surface area contributed by atoms with Crippen LogP contribution < -0.4 is 11.1 Å². The third-order valence-electron chi connectivity index (χ3n) is 4.34. The Bertz CT molecular complexity index is 707. The van der Waals surface area contributed by atoms with E-state index in [4.69, 9.17) is 10.5 Å². The molecule has 1 aromatic rings. The van der Waals surface area contributed by atoms with Gasteiger partial charge in [0.15, 0.2) is 6.04 Å². The van der Waals surface area contributed by atoms with Crippen LogP contribution in [0.15, 0.2) is 28.7 Å². The summed E-state index contributed by atoms with van der Waals surface area (Å²) in [5.41, 5.74) is 4.69. The van der Waals surface area contributed by atoms with Crippen LogP contribution in [0, 0.1) is 0 Å². The lowest BCUT2D eigenvalue weighted by molar-refractivity contribution is -0.144. The molecule has 28 heavy (non-hydrogen) atoms. The summed E-state index contributed by atoms with van der Waals surface area (Å²) in [6.45, 7) is 5.66. The van der Waals surface area contributed by atoms with Gasteiger partial charge in [-0.3, -0.25) is 4.79 Å². The number of alkyl halides is 2. The van der Waals surface area contributed by atoms with Crippen LogP contribution in [0.4, 0.5) is 13.6 Å². The molecule has 2 rings (SSSR count). The van der Waals surface area contributed by atoms with Crippen LogP contribution in [0.1, 0.15) is 39.2 Å². The smallest absolute Gasteiger partial charge is 0.407 e. The Kier molecular flexibility index (Phi) is 7.03. The molecular weight excluding hydrogens is 436 g/mol. The number of likely N-dealkylation sites (tertiary alicyclic amines) is 1. The first-order valence-electron chi connectivity index (χ1n) is 9.08. The van der Waals surface area contributed by atoms with E-state index in [2.05, 4.69) is 21.2 Å². The van der Waals surface area contributed by atoms with E-state index < -0.39 is 29.6 Å². The molecule has 0 aromatic heterocycles. The van der Waals surface area contributed by atoms with Gasteiger partial charge in [-0.15, -0.1) is 0 Å². The molecule has 0 saturated carbocycles. The van der Waals surface area contributed by atoms with Gasteiger partial charge in [0.1, 0.15) is 5.60 Å². The predicted molar refractivity (Wildman–Crippen MR) is 105 cm³/mol. The van der Waals surface area contributed by atoms with Crippen molar-refractivity contribution in [2.45, 2.75) is 57.2 Å². The second-order valence-corrected chi connectivity index (χ2v) is 8.79. The molecule has 0 spiro atoms. The summed E-state index contributed by atoms with van der Waals surface area (Å²) in [4.78, 5) is 25.8. The van der Waals surface area contributed by atoms with E-state index in [-0.39, 0.29) is 18.2 Å². The molecule has 1 aliphatic rings. The third kappa shape index (κ3) is 5.88. The molecule has 2 atom stereocenters. The van der Waals surface area contributed by atoms with Crippen molar-refractivity contribution < 1.29 is 23.1 Å². The average Bonchev–Trinajstić information content (AvgIpc) is 2.59. The van der Waals surface area contributed by atoms with Gasteiger partial charge in [0.2, 0.25) is 5.91 Å². The van der Waals surface area contributed by atoms with Crippen molar-refractivity contribution in [3.05, 3.63) is 34.3 Å². The molecule has 1 aliphatic heterocycles. The van der Waals surface area contributed by atoms with Crippen molar-refractivity contribution >= 4 is 27.9 Å². The summed E-state index contributed by atoms with van der Waals surface area (Å²) >= 11 is 3.19. The fourth-order valence-corrected chi connectivity index (χ4v) is 3.24. The summed E-state index contributed by atoms with van der Waals surface area (Å²) in [6, 6.07) is 3.04. The summed E-state index contributed by atoms with van der Waals surface area (Å²) in [5, 5.41) is 2.69. The Morgan fingerprint density at radius 3 is 2.46 bits per heavy atom. The van der Waals surface area contributed by atoms with Crippen LogP contribution in [0.25, 0.3) is 0 Å². The third-order valence-corrected chi connectivity index (χ3v) is 4.87. The molecule has 2 amide bonds. The van der Waals surface area contributed by atoms with E-state index in [1.807, 2.05) is 0 Å². The number of benzene rings is 1. The summed E-state index contributed by atoms with van der Waals surface area (Å²) in [5.74, 6) is -4.35. The number of amides is 2.